The van der Waals surface area contributed by atoms with E-state index < -0.39 is 120 Å². The molecule has 0 aromatic rings. The normalized spacial score (nSPS) is 44.1. The van der Waals surface area contributed by atoms with E-state index in [2.05, 4.69) is 5.32 Å². The van der Waals surface area contributed by atoms with Crippen LogP contribution in [0.4, 0.5) is 0 Å². The summed E-state index contributed by atoms with van der Waals surface area (Å²) in [4.78, 5) is 56.5. The molecule has 0 amide bonds. The molecule has 0 aliphatic carbocycles. The Morgan fingerprint density at radius 1 is 0.873 bits per heavy atom. The summed E-state index contributed by atoms with van der Waals surface area (Å²) >= 11 is 0. The number of Topliss-reactive ketones (excluding diaryl/α,β-unsaturated/α-hetero) is 1. The monoisotopic (exact) mass is 901 g/mol. The molecular formula is C46H80N2O15. The molecule has 364 valence electrons. The number of ketones is 1. The fourth-order valence-corrected chi connectivity index (χ4v) is 10.4. The standard InChI is InChI=1S/C46H80N2O15/c1-16-33-46(11,54)38(51)26(4)36(50)24(2)22-44(9,55-14)39(63-43-35(48(12)13)32(21-25(3)57-43)60-42(53)31-17-19-47-20-18-31)27(5)37(28(6)41(52)61-33)62-34-23-45(10,56-15)40(29(7)58-34)59-30(8)49/h24-29,31-35,37-40,43,47,51,54H,16-23H2,1-15H3/t24-,25-,26+,27+,28-,29+,32-,33-,34-,35+,37+,38-,39-,40+,43+,44+,45-,46-/m1/s1. The van der Waals surface area contributed by atoms with Gasteiger partial charge in [0.05, 0.1) is 54.0 Å². The maximum Gasteiger partial charge on any atom is 0.311 e. The van der Waals surface area contributed by atoms with E-state index in [1.165, 1.54) is 28.1 Å². The Bertz CT molecular complexity index is 1540. The Morgan fingerprint density at radius 2 is 1.48 bits per heavy atom. The van der Waals surface area contributed by atoms with E-state index in [0.29, 0.717) is 19.3 Å². The first-order chi connectivity index (χ1) is 29.3. The van der Waals surface area contributed by atoms with Gasteiger partial charge in [-0.05, 0) is 94.4 Å². The highest BCUT2D eigenvalue weighted by Crippen LogP contribution is 2.42. The molecule has 4 aliphatic heterocycles. The quantitative estimate of drug-likeness (QED) is 0.200. The summed E-state index contributed by atoms with van der Waals surface area (Å²) in [6.07, 6.45) is -7.20. The van der Waals surface area contributed by atoms with Gasteiger partial charge in [-0.25, -0.2) is 0 Å². The number of nitrogens with zero attached hydrogens (tertiary/aromatic N) is 1. The number of piperidine rings is 1. The molecule has 4 rings (SSSR count). The van der Waals surface area contributed by atoms with Crippen LogP contribution in [0.3, 0.4) is 0 Å². The van der Waals surface area contributed by atoms with Gasteiger partial charge in [-0.1, -0.05) is 27.7 Å². The highest BCUT2D eigenvalue weighted by Gasteiger charge is 2.55. The predicted molar refractivity (Wildman–Crippen MR) is 230 cm³/mol. The lowest BCUT2D eigenvalue weighted by atomic mass is 9.74. The molecule has 4 aliphatic rings. The number of rotatable bonds is 11. The topological polar surface area (TPSA) is 207 Å². The fourth-order valence-electron chi connectivity index (χ4n) is 10.4. The number of hydrogen-bond donors (Lipinski definition) is 3. The third-order valence-electron chi connectivity index (χ3n) is 14.4. The second-order valence-electron chi connectivity index (χ2n) is 19.6. The SMILES string of the molecule is CC[C@H]1OC(=O)[C@H](C)[C@@H](O[C@@H]2C[C@@](C)(OC)[C@@H](OC(C)=O)[C@H](C)O2)[C@H](C)[C@@H](O[C@@H]2O[C@H](C)C[C@@H](OC(=O)C3CCNCC3)[C@@H]2N(C)C)[C@@](C)(OC)C[C@@H](C)C(=O)[C@H](C)[C@@H](O)[C@]1(C)O. The predicted octanol–water partition coefficient (Wildman–Crippen LogP) is 3.56. The molecule has 0 spiro atoms. The molecule has 4 fully saturated rings. The number of aliphatic hydroxyl groups excluding tert-OH is 1. The maximum atomic E-state index is 14.5. The largest absolute Gasteiger partial charge is 0.460 e. The van der Waals surface area contributed by atoms with Crippen LogP contribution in [0, 0.1) is 29.6 Å². The summed E-state index contributed by atoms with van der Waals surface area (Å²) < 4.78 is 57.6. The number of hydrogen-bond acceptors (Lipinski definition) is 17. The Kier molecular flexibility index (Phi) is 18.6. The Labute approximate surface area is 375 Å². The van der Waals surface area contributed by atoms with Crippen LogP contribution in [0.25, 0.3) is 0 Å². The zero-order valence-corrected chi connectivity index (χ0v) is 40.5. The number of esters is 3. The van der Waals surface area contributed by atoms with Crippen molar-refractivity contribution in [3.05, 3.63) is 0 Å². The zero-order valence-electron chi connectivity index (χ0n) is 40.5. The zero-order chi connectivity index (χ0) is 47.4. The van der Waals surface area contributed by atoms with E-state index >= 15 is 0 Å². The molecule has 4 saturated heterocycles. The van der Waals surface area contributed by atoms with Crippen LogP contribution < -0.4 is 5.32 Å². The number of methoxy groups -OCH3 is 2. The molecule has 17 nitrogen and oxygen atoms in total. The number of ether oxygens (including phenoxy) is 9. The molecule has 4 heterocycles. The van der Waals surface area contributed by atoms with Crippen molar-refractivity contribution in [1.29, 1.82) is 0 Å². The Morgan fingerprint density at radius 3 is 2.03 bits per heavy atom. The Balaban J connectivity index is 1.86. The van der Waals surface area contributed by atoms with Gasteiger partial charge in [0, 0.05) is 51.7 Å². The number of likely N-dealkylation sites (N-methyl/N-ethyl adjacent to an activating group) is 1. The lowest BCUT2D eigenvalue weighted by Gasteiger charge is -2.50. The maximum absolute atomic E-state index is 14.5. The summed E-state index contributed by atoms with van der Waals surface area (Å²) in [5, 5.41) is 26.7. The van der Waals surface area contributed by atoms with Gasteiger partial charge in [0.15, 0.2) is 18.7 Å². The number of cyclic esters (lactones) is 1. The molecule has 0 aromatic carbocycles. The Hall–Kier alpha value is -2.32. The van der Waals surface area contributed by atoms with Crippen molar-refractivity contribution in [1.82, 2.24) is 10.2 Å². The summed E-state index contributed by atoms with van der Waals surface area (Å²) in [6.45, 7) is 20.0. The van der Waals surface area contributed by atoms with Gasteiger partial charge in [0.25, 0.3) is 0 Å². The first-order valence-corrected chi connectivity index (χ1v) is 23.0. The van der Waals surface area contributed by atoms with Crippen LogP contribution in [-0.4, -0.2) is 164 Å². The molecule has 0 radical (unpaired) electrons. The molecule has 18 atom stereocenters. The summed E-state index contributed by atoms with van der Waals surface area (Å²) in [5.74, 6) is -5.65. The van der Waals surface area contributed by atoms with Crippen molar-refractivity contribution in [2.24, 2.45) is 29.6 Å². The third kappa shape index (κ3) is 12.2. The van der Waals surface area contributed by atoms with E-state index in [9.17, 15) is 29.4 Å². The molecule has 0 aromatic heterocycles. The minimum atomic E-state index is -2.00. The van der Waals surface area contributed by atoms with Crippen molar-refractivity contribution in [3.63, 3.8) is 0 Å². The van der Waals surface area contributed by atoms with Crippen LogP contribution in [0.15, 0.2) is 0 Å². The van der Waals surface area contributed by atoms with Crippen molar-refractivity contribution in [3.8, 4) is 0 Å². The van der Waals surface area contributed by atoms with Crippen molar-refractivity contribution >= 4 is 23.7 Å². The molecular weight excluding hydrogens is 821 g/mol. The molecule has 0 unspecified atom stereocenters. The van der Waals surface area contributed by atoms with Gasteiger partial charge < -0.3 is 58.2 Å². The average molecular weight is 901 g/mol. The van der Waals surface area contributed by atoms with Gasteiger partial charge in [-0.2, -0.15) is 0 Å². The van der Waals surface area contributed by atoms with Crippen LogP contribution in [0.1, 0.15) is 115 Å². The average Bonchev–Trinajstić information content (AvgIpc) is 3.23. The number of aliphatic hydroxyl groups is 2. The van der Waals surface area contributed by atoms with Gasteiger partial charge >= 0.3 is 17.9 Å². The first-order valence-electron chi connectivity index (χ1n) is 23.0. The number of carbonyl (C=O) groups is 4. The minimum Gasteiger partial charge on any atom is -0.460 e. The first kappa shape index (κ1) is 53.3. The van der Waals surface area contributed by atoms with Crippen molar-refractivity contribution in [2.45, 2.75) is 199 Å². The molecule has 0 saturated carbocycles. The summed E-state index contributed by atoms with van der Waals surface area (Å²) in [7, 11) is 6.77. The van der Waals surface area contributed by atoms with E-state index in [0.717, 1.165) is 13.1 Å². The fraction of sp³-hybridized carbons (Fsp3) is 0.913. The van der Waals surface area contributed by atoms with E-state index in [-0.39, 0.29) is 36.9 Å². The van der Waals surface area contributed by atoms with Crippen LogP contribution >= 0.6 is 0 Å². The molecule has 17 heteroatoms. The second-order valence-corrected chi connectivity index (χ2v) is 19.6. The van der Waals surface area contributed by atoms with Crippen LogP contribution in [0.2, 0.25) is 0 Å². The van der Waals surface area contributed by atoms with Gasteiger partial charge in [0.2, 0.25) is 0 Å². The molecule has 0 bridgehead atoms. The van der Waals surface area contributed by atoms with Crippen LogP contribution in [-0.2, 0) is 61.8 Å². The lowest BCUT2D eigenvalue weighted by Crippen LogP contribution is -2.62. The highest BCUT2D eigenvalue weighted by atomic mass is 16.7. The summed E-state index contributed by atoms with van der Waals surface area (Å²) in [5.41, 5.74) is -4.35. The van der Waals surface area contributed by atoms with E-state index in [1.807, 2.05) is 39.8 Å². The van der Waals surface area contributed by atoms with E-state index in [1.54, 1.807) is 41.5 Å². The van der Waals surface area contributed by atoms with Gasteiger partial charge in [0.1, 0.15) is 29.2 Å². The van der Waals surface area contributed by atoms with Gasteiger partial charge in [-0.3, -0.25) is 24.1 Å². The van der Waals surface area contributed by atoms with Crippen LogP contribution in [0.5, 0.6) is 0 Å². The second kappa shape index (κ2) is 22.0. The molecule has 63 heavy (non-hydrogen) atoms. The minimum absolute atomic E-state index is 0.0884. The van der Waals surface area contributed by atoms with Crippen molar-refractivity contribution in [2.75, 3.05) is 41.4 Å². The smallest absolute Gasteiger partial charge is 0.311 e. The van der Waals surface area contributed by atoms with Crippen molar-refractivity contribution < 1.29 is 72.0 Å². The summed E-state index contributed by atoms with van der Waals surface area (Å²) in [6, 6.07) is -0.583. The van der Waals surface area contributed by atoms with Gasteiger partial charge in [-0.15, -0.1) is 0 Å². The highest BCUT2D eigenvalue weighted by molar-refractivity contribution is 5.83. The molecule has 3 N–H and O–H groups in total. The number of carbonyl (C=O) groups excluding carboxylic acids is 4. The van der Waals surface area contributed by atoms with E-state index in [4.69, 9.17) is 42.6 Å². The third-order valence-corrected chi connectivity index (χ3v) is 14.4. The lowest BCUT2D eigenvalue weighted by molar-refractivity contribution is -0.317. The number of nitrogens with one attached hydrogen (secondary N) is 1.